The van der Waals surface area contributed by atoms with Gasteiger partial charge in [0.2, 0.25) is 11.8 Å². The van der Waals surface area contributed by atoms with Crippen LogP contribution >= 0.6 is 11.6 Å². The number of ether oxygens (including phenoxy) is 3. The van der Waals surface area contributed by atoms with E-state index in [1.54, 1.807) is 25.1 Å². The predicted octanol–water partition coefficient (Wildman–Crippen LogP) is 4.50. The van der Waals surface area contributed by atoms with Gasteiger partial charge in [0, 0.05) is 25.3 Å². The number of rotatable bonds is 8. The fourth-order valence-electron chi connectivity index (χ4n) is 4.98. The van der Waals surface area contributed by atoms with E-state index in [-0.39, 0.29) is 44.1 Å². The minimum atomic E-state index is -1.21. The molecule has 0 bridgehead atoms. The second-order valence-corrected chi connectivity index (χ2v) is 12.6. The van der Waals surface area contributed by atoms with Gasteiger partial charge in [-0.05, 0) is 35.6 Å². The lowest BCUT2D eigenvalue weighted by Gasteiger charge is -2.28. The fourth-order valence-corrected chi connectivity index (χ4v) is 5.26. The minimum Gasteiger partial charge on any atom is -0.495 e. The van der Waals surface area contributed by atoms with Crippen LogP contribution in [0.2, 0.25) is 5.02 Å². The SMILES string of the molecule is COc1ccc(C[C@H]2NC(=O)C[C@H](O)C[C@@H]([C@H](C)/C=C/c3ccccc3)OC(=O)[C@H](CC(C)C)OC(=O)[C@H](C)CNC2=O)cc1Cl. The number of nitrogens with one attached hydrogen (secondary N) is 2. The van der Waals surface area contributed by atoms with Crippen molar-refractivity contribution in [2.24, 2.45) is 17.8 Å². The first-order valence-electron chi connectivity index (χ1n) is 15.6. The Labute approximate surface area is 275 Å². The van der Waals surface area contributed by atoms with Gasteiger partial charge in [0.25, 0.3) is 0 Å². The van der Waals surface area contributed by atoms with Crippen LogP contribution in [0.1, 0.15) is 58.1 Å². The maximum Gasteiger partial charge on any atom is 0.347 e. The Hall–Kier alpha value is -3.89. The summed E-state index contributed by atoms with van der Waals surface area (Å²) >= 11 is 6.29. The number of hydrogen-bond donors (Lipinski definition) is 3. The number of aliphatic hydroxyl groups excluding tert-OH is 1. The standard InChI is InChI=1S/C35H45ClN2O8/c1-21(2)15-31-35(43)45-30(22(3)11-12-24-9-7-6-8-10-24)18-26(39)19-32(40)38-28(33(41)37-20-23(4)34(42)46-31)17-25-13-14-29(44-5)27(36)16-25/h6-14,16,21-23,26,28,30-31,39H,15,17-20H2,1-5H3,(H,37,41)(H,38,40)/b12-11+/t22-,23-,26-,28-,30+,31+/m1/s1. The van der Waals surface area contributed by atoms with Gasteiger partial charge in [-0.2, -0.15) is 0 Å². The molecule has 0 aliphatic carbocycles. The number of carbonyl (C=O) groups is 4. The first kappa shape index (κ1) is 36.6. The molecule has 0 radical (unpaired) electrons. The summed E-state index contributed by atoms with van der Waals surface area (Å²) in [5, 5.41) is 16.8. The van der Waals surface area contributed by atoms with Crippen molar-refractivity contribution >= 4 is 41.4 Å². The molecular formula is C35H45ClN2O8. The normalized spacial score (nSPS) is 24.6. The summed E-state index contributed by atoms with van der Waals surface area (Å²) in [5.41, 5.74) is 1.60. The molecule has 1 fully saturated rings. The molecule has 3 rings (SSSR count). The molecule has 0 spiro atoms. The predicted molar refractivity (Wildman–Crippen MR) is 175 cm³/mol. The van der Waals surface area contributed by atoms with Gasteiger partial charge in [0.05, 0.1) is 30.6 Å². The summed E-state index contributed by atoms with van der Waals surface area (Å²) < 4.78 is 16.7. The monoisotopic (exact) mass is 656 g/mol. The van der Waals surface area contributed by atoms with Gasteiger partial charge in [-0.15, -0.1) is 0 Å². The van der Waals surface area contributed by atoms with Crippen molar-refractivity contribution in [3.05, 3.63) is 70.8 Å². The first-order valence-corrected chi connectivity index (χ1v) is 16.0. The minimum absolute atomic E-state index is 0.00121. The molecule has 0 saturated carbocycles. The van der Waals surface area contributed by atoms with Gasteiger partial charge in [-0.3, -0.25) is 14.4 Å². The Morgan fingerprint density at radius 3 is 2.41 bits per heavy atom. The lowest BCUT2D eigenvalue weighted by molar-refractivity contribution is -0.176. The molecule has 11 heteroatoms. The Bertz CT molecular complexity index is 1370. The van der Waals surface area contributed by atoms with Gasteiger partial charge < -0.3 is 30.0 Å². The highest BCUT2D eigenvalue weighted by molar-refractivity contribution is 6.32. The molecule has 0 unspecified atom stereocenters. The van der Waals surface area contributed by atoms with Crippen molar-refractivity contribution in [2.75, 3.05) is 13.7 Å². The number of halogens is 1. The van der Waals surface area contributed by atoms with E-state index in [1.807, 2.05) is 63.3 Å². The van der Waals surface area contributed by atoms with E-state index >= 15 is 0 Å². The fraction of sp³-hybridized carbons (Fsp3) is 0.486. The summed E-state index contributed by atoms with van der Waals surface area (Å²) in [7, 11) is 1.49. The number of carbonyl (C=O) groups excluding carboxylic acids is 4. The number of methoxy groups -OCH3 is 1. The third-order valence-electron chi connectivity index (χ3n) is 7.67. The molecule has 1 heterocycles. The molecule has 1 saturated heterocycles. The summed E-state index contributed by atoms with van der Waals surface area (Å²) in [6.45, 7) is 7.11. The number of benzene rings is 2. The van der Waals surface area contributed by atoms with Gasteiger partial charge >= 0.3 is 11.9 Å². The van der Waals surface area contributed by atoms with Crippen molar-refractivity contribution < 1.29 is 38.5 Å². The van der Waals surface area contributed by atoms with Crippen molar-refractivity contribution in [3.63, 3.8) is 0 Å². The van der Waals surface area contributed by atoms with E-state index in [0.29, 0.717) is 16.3 Å². The number of hydrogen-bond acceptors (Lipinski definition) is 8. The van der Waals surface area contributed by atoms with Crippen molar-refractivity contribution in [1.29, 1.82) is 0 Å². The molecule has 10 nitrogen and oxygen atoms in total. The molecule has 46 heavy (non-hydrogen) atoms. The lowest BCUT2D eigenvalue weighted by Crippen LogP contribution is -2.50. The highest BCUT2D eigenvalue weighted by atomic mass is 35.5. The Morgan fingerprint density at radius 2 is 1.76 bits per heavy atom. The summed E-state index contributed by atoms with van der Waals surface area (Å²) in [6, 6.07) is 13.6. The van der Waals surface area contributed by atoms with Crippen LogP contribution < -0.4 is 15.4 Å². The molecule has 3 N–H and O–H groups in total. The van der Waals surface area contributed by atoms with Crippen molar-refractivity contribution in [3.8, 4) is 5.75 Å². The molecule has 6 atom stereocenters. The van der Waals surface area contributed by atoms with E-state index < -0.39 is 54.0 Å². The maximum atomic E-state index is 13.4. The van der Waals surface area contributed by atoms with Gasteiger partial charge in [-0.1, -0.05) is 87.8 Å². The second kappa shape index (κ2) is 17.7. The van der Waals surface area contributed by atoms with E-state index in [9.17, 15) is 24.3 Å². The Morgan fingerprint density at radius 1 is 1.04 bits per heavy atom. The molecule has 250 valence electrons. The van der Waals surface area contributed by atoms with E-state index in [1.165, 1.54) is 7.11 Å². The quantitative estimate of drug-likeness (QED) is 0.353. The van der Waals surface area contributed by atoms with Crippen LogP contribution in [0.5, 0.6) is 5.75 Å². The van der Waals surface area contributed by atoms with E-state index in [2.05, 4.69) is 10.6 Å². The molecule has 2 aromatic carbocycles. The molecular weight excluding hydrogens is 612 g/mol. The summed E-state index contributed by atoms with van der Waals surface area (Å²) in [5.74, 6) is -3.20. The molecule has 0 aromatic heterocycles. The zero-order valence-electron chi connectivity index (χ0n) is 27.0. The zero-order valence-corrected chi connectivity index (χ0v) is 27.8. The Kier molecular flexibility index (Phi) is 14.1. The van der Waals surface area contributed by atoms with Crippen molar-refractivity contribution in [1.82, 2.24) is 10.6 Å². The van der Waals surface area contributed by atoms with Crippen LogP contribution in [0, 0.1) is 17.8 Å². The third-order valence-corrected chi connectivity index (χ3v) is 7.97. The summed E-state index contributed by atoms with van der Waals surface area (Å²) in [6.07, 6.45) is 0.441. The molecule has 1 aliphatic heterocycles. The average Bonchev–Trinajstić information content (AvgIpc) is 3.01. The van der Waals surface area contributed by atoms with Gasteiger partial charge in [0.1, 0.15) is 17.9 Å². The van der Waals surface area contributed by atoms with Crippen LogP contribution in [-0.4, -0.2) is 66.9 Å². The molecule has 2 aromatic rings. The van der Waals surface area contributed by atoms with Crippen LogP contribution in [0.4, 0.5) is 0 Å². The summed E-state index contributed by atoms with van der Waals surface area (Å²) in [4.78, 5) is 52.9. The second-order valence-electron chi connectivity index (χ2n) is 12.2. The van der Waals surface area contributed by atoms with Crippen molar-refractivity contribution in [2.45, 2.75) is 77.7 Å². The van der Waals surface area contributed by atoms with Gasteiger partial charge in [0.15, 0.2) is 6.10 Å². The first-order chi connectivity index (χ1) is 21.9. The lowest BCUT2D eigenvalue weighted by atomic mass is 9.95. The third kappa shape index (κ3) is 11.5. The molecule has 2 amide bonds. The highest BCUT2D eigenvalue weighted by Crippen LogP contribution is 2.26. The van der Waals surface area contributed by atoms with Crippen LogP contribution in [0.3, 0.4) is 0 Å². The van der Waals surface area contributed by atoms with Crippen LogP contribution in [0.15, 0.2) is 54.6 Å². The van der Waals surface area contributed by atoms with Gasteiger partial charge in [-0.25, -0.2) is 4.79 Å². The van der Waals surface area contributed by atoms with E-state index in [4.69, 9.17) is 25.8 Å². The average molecular weight is 657 g/mol. The van der Waals surface area contributed by atoms with E-state index in [0.717, 1.165) is 5.56 Å². The number of amides is 2. The zero-order chi connectivity index (χ0) is 33.8. The smallest absolute Gasteiger partial charge is 0.347 e. The molecule has 1 aliphatic rings. The topological polar surface area (TPSA) is 140 Å². The van der Waals surface area contributed by atoms with Crippen LogP contribution in [-0.2, 0) is 35.1 Å². The number of esters is 2. The number of cyclic esters (lactones) is 2. The maximum absolute atomic E-state index is 13.4. The number of aliphatic hydroxyl groups is 1. The highest BCUT2D eigenvalue weighted by Gasteiger charge is 2.33. The Balaban J connectivity index is 1.89. The largest absolute Gasteiger partial charge is 0.495 e. The van der Waals surface area contributed by atoms with Crippen LogP contribution in [0.25, 0.3) is 6.08 Å².